The standard InChI is InChI=1S/C17H11N3O2/c21-17(22)10-4-5-14-15(8-10)20-16(19-14)13-3-1-2-11-9-18-7-6-12(11)13/h1-9H,(H,19,20)(H,21,22). The van der Waals surface area contributed by atoms with Gasteiger partial charge in [-0.15, -0.1) is 0 Å². The van der Waals surface area contributed by atoms with E-state index in [0.717, 1.165) is 21.9 Å². The molecule has 22 heavy (non-hydrogen) atoms. The van der Waals surface area contributed by atoms with Crippen LogP contribution in [0.1, 0.15) is 10.4 Å². The number of carboxylic acid groups (broad SMARTS) is 1. The molecular formula is C17H11N3O2. The highest BCUT2D eigenvalue weighted by atomic mass is 16.4. The molecule has 0 saturated carbocycles. The van der Waals surface area contributed by atoms with Crippen LogP contribution in [0.2, 0.25) is 0 Å². The van der Waals surface area contributed by atoms with Gasteiger partial charge in [-0.3, -0.25) is 4.98 Å². The topological polar surface area (TPSA) is 78.9 Å². The molecule has 5 nitrogen and oxygen atoms in total. The van der Waals surface area contributed by atoms with Gasteiger partial charge in [0.05, 0.1) is 16.6 Å². The largest absolute Gasteiger partial charge is 0.478 e. The molecule has 0 unspecified atom stereocenters. The second-order valence-corrected chi connectivity index (χ2v) is 5.02. The molecule has 2 heterocycles. The number of aromatic nitrogens is 3. The van der Waals surface area contributed by atoms with Crippen molar-refractivity contribution in [1.82, 2.24) is 15.0 Å². The van der Waals surface area contributed by atoms with Crippen LogP contribution in [0.3, 0.4) is 0 Å². The van der Waals surface area contributed by atoms with Gasteiger partial charge in [-0.2, -0.15) is 0 Å². The first-order valence-corrected chi connectivity index (χ1v) is 6.78. The Kier molecular flexibility index (Phi) is 2.66. The molecule has 0 aliphatic rings. The van der Waals surface area contributed by atoms with Gasteiger partial charge in [-0.25, -0.2) is 9.78 Å². The summed E-state index contributed by atoms with van der Waals surface area (Å²) in [6.45, 7) is 0. The number of hydrogen-bond acceptors (Lipinski definition) is 3. The zero-order valence-corrected chi connectivity index (χ0v) is 11.4. The highest BCUT2D eigenvalue weighted by Gasteiger charge is 2.10. The summed E-state index contributed by atoms with van der Waals surface area (Å²) in [5.74, 6) is -0.233. The van der Waals surface area contributed by atoms with Crippen molar-refractivity contribution in [2.45, 2.75) is 0 Å². The first kappa shape index (κ1) is 12.5. The number of hydrogen-bond donors (Lipinski definition) is 2. The first-order chi connectivity index (χ1) is 10.7. The smallest absolute Gasteiger partial charge is 0.335 e. The molecule has 4 rings (SSSR count). The number of fused-ring (bicyclic) bond motifs is 2. The zero-order chi connectivity index (χ0) is 15.1. The quantitative estimate of drug-likeness (QED) is 0.592. The third-order valence-electron chi connectivity index (χ3n) is 3.66. The predicted octanol–water partition coefficient (Wildman–Crippen LogP) is 3.48. The molecule has 0 aliphatic heterocycles. The van der Waals surface area contributed by atoms with E-state index in [1.165, 1.54) is 0 Å². The van der Waals surface area contributed by atoms with Crippen molar-refractivity contribution in [3.63, 3.8) is 0 Å². The van der Waals surface area contributed by atoms with Gasteiger partial charge in [0.25, 0.3) is 0 Å². The van der Waals surface area contributed by atoms with Crippen molar-refractivity contribution in [1.29, 1.82) is 0 Å². The Labute approximate surface area is 125 Å². The van der Waals surface area contributed by atoms with Crippen LogP contribution in [0.5, 0.6) is 0 Å². The maximum Gasteiger partial charge on any atom is 0.335 e. The van der Waals surface area contributed by atoms with E-state index < -0.39 is 5.97 Å². The molecule has 0 bridgehead atoms. The molecule has 2 N–H and O–H groups in total. The van der Waals surface area contributed by atoms with Crippen LogP contribution in [0, 0.1) is 0 Å². The molecule has 0 radical (unpaired) electrons. The van der Waals surface area contributed by atoms with Gasteiger partial charge in [0, 0.05) is 23.3 Å². The van der Waals surface area contributed by atoms with Crippen molar-refractivity contribution in [3.8, 4) is 11.4 Å². The van der Waals surface area contributed by atoms with Gasteiger partial charge in [-0.05, 0) is 29.7 Å². The summed E-state index contributed by atoms with van der Waals surface area (Å²) in [5, 5.41) is 11.2. The van der Waals surface area contributed by atoms with E-state index in [1.54, 1.807) is 24.4 Å². The Hall–Kier alpha value is -3.21. The highest BCUT2D eigenvalue weighted by Crippen LogP contribution is 2.28. The number of pyridine rings is 1. The monoisotopic (exact) mass is 289 g/mol. The van der Waals surface area contributed by atoms with Crippen molar-refractivity contribution >= 4 is 27.8 Å². The predicted molar refractivity (Wildman–Crippen MR) is 83.8 cm³/mol. The van der Waals surface area contributed by atoms with Gasteiger partial charge < -0.3 is 10.1 Å². The van der Waals surface area contributed by atoms with E-state index in [0.29, 0.717) is 11.3 Å². The minimum atomic E-state index is -0.950. The Balaban J connectivity index is 1.95. The van der Waals surface area contributed by atoms with E-state index in [1.807, 2.05) is 30.5 Å². The van der Waals surface area contributed by atoms with Crippen LogP contribution in [-0.4, -0.2) is 26.0 Å². The summed E-state index contributed by atoms with van der Waals surface area (Å²) in [5.41, 5.74) is 2.66. The van der Waals surface area contributed by atoms with E-state index in [2.05, 4.69) is 15.0 Å². The van der Waals surface area contributed by atoms with Crippen LogP contribution in [-0.2, 0) is 0 Å². The number of aromatic amines is 1. The van der Waals surface area contributed by atoms with E-state index in [-0.39, 0.29) is 5.56 Å². The molecule has 5 heteroatoms. The van der Waals surface area contributed by atoms with Gasteiger partial charge in [0.2, 0.25) is 0 Å². The third-order valence-corrected chi connectivity index (χ3v) is 3.66. The second kappa shape index (κ2) is 4.66. The number of nitrogens with zero attached hydrogens (tertiary/aromatic N) is 2. The Morgan fingerprint density at radius 1 is 1.14 bits per heavy atom. The highest BCUT2D eigenvalue weighted by molar-refractivity contribution is 5.97. The molecule has 0 aliphatic carbocycles. The average Bonchev–Trinajstić information content (AvgIpc) is 2.97. The van der Waals surface area contributed by atoms with Crippen LogP contribution < -0.4 is 0 Å². The first-order valence-electron chi connectivity index (χ1n) is 6.78. The summed E-state index contributed by atoms with van der Waals surface area (Å²) in [4.78, 5) is 22.9. The van der Waals surface area contributed by atoms with E-state index >= 15 is 0 Å². The number of nitrogens with one attached hydrogen (secondary N) is 1. The number of H-pyrrole nitrogens is 1. The van der Waals surface area contributed by atoms with Crippen molar-refractivity contribution in [3.05, 3.63) is 60.4 Å². The van der Waals surface area contributed by atoms with Crippen molar-refractivity contribution < 1.29 is 9.90 Å². The SMILES string of the molecule is O=C(O)c1ccc2nc(-c3cccc4cnccc34)[nH]c2c1. The van der Waals surface area contributed by atoms with Gasteiger partial charge in [0.15, 0.2) is 0 Å². The number of rotatable bonds is 2. The van der Waals surface area contributed by atoms with Crippen molar-refractivity contribution in [2.75, 3.05) is 0 Å². The zero-order valence-electron chi connectivity index (χ0n) is 11.4. The number of aromatic carboxylic acids is 1. The van der Waals surface area contributed by atoms with Gasteiger partial charge >= 0.3 is 5.97 Å². The number of imidazole rings is 1. The number of carboxylic acids is 1. The lowest BCUT2D eigenvalue weighted by molar-refractivity contribution is 0.0697. The fourth-order valence-corrected chi connectivity index (χ4v) is 2.60. The molecule has 0 atom stereocenters. The molecule has 4 aromatic rings. The molecule has 2 aromatic carbocycles. The molecule has 0 fully saturated rings. The Morgan fingerprint density at radius 2 is 2.05 bits per heavy atom. The lowest BCUT2D eigenvalue weighted by Gasteiger charge is -2.02. The van der Waals surface area contributed by atoms with Crippen molar-refractivity contribution in [2.24, 2.45) is 0 Å². The fourth-order valence-electron chi connectivity index (χ4n) is 2.60. The van der Waals surface area contributed by atoms with Gasteiger partial charge in [-0.1, -0.05) is 18.2 Å². The lowest BCUT2D eigenvalue weighted by Crippen LogP contribution is -1.94. The van der Waals surface area contributed by atoms with Crippen LogP contribution >= 0.6 is 0 Å². The molecule has 0 saturated heterocycles. The number of benzene rings is 2. The van der Waals surface area contributed by atoms with E-state index in [4.69, 9.17) is 5.11 Å². The Morgan fingerprint density at radius 3 is 2.91 bits per heavy atom. The summed E-state index contributed by atoms with van der Waals surface area (Å²) >= 11 is 0. The summed E-state index contributed by atoms with van der Waals surface area (Å²) in [6.07, 6.45) is 3.56. The van der Waals surface area contributed by atoms with E-state index in [9.17, 15) is 4.79 Å². The summed E-state index contributed by atoms with van der Waals surface area (Å²) < 4.78 is 0. The number of carbonyl (C=O) groups is 1. The summed E-state index contributed by atoms with van der Waals surface area (Å²) in [6, 6.07) is 12.7. The second-order valence-electron chi connectivity index (χ2n) is 5.02. The molecule has 0 spiro atoms. The fraction of sp³-hybridized carbons (Fsp3) is 0. The third kappa shape index (κ3) is 1.91. The average molecular weight is 289 g/mol. The van der Waals surface area contributed by atoms with Crippen LogP contribution in [0.25, 0.3) is 33.2 Å². The lowest BCUT2D eigenvalue weighted by atomic mass is 10.1. The normalized spacial score (nSPS) is 11.1. The minimum Gasteiger partial charge on any atom is -0.478 e. The minimum absolute atomic E-state index is 0.241. The van der Waals surface area contributed by atoms with Crippen LogP contribution in [0.4, 0.5) is 0 Å². The molecule has 2 aromatic heterocycles. The summed E-state index contributed by atoms with van der Waals surface area (Å²) in [7, 11) is 0. The molecular weight excluding hydrogens is 278 g/mol. The van der Waals surface area contributed by atoms with Crippen LogP contribution in [0.15, 0.2) is 54.9 Å². The van der Waals surface area contributed by atoms with Gasteiger partial charge in [0.1, 0.15) is 5.82 Å². The molecule has 0 amide bonds. The maximum absolute atomic E-state index is 11.1. The maximum atomic E-state index is 11.1. The molecule has 106 valence electrons. The Bertz CT molecular complexity index is 1020.